The number of nitrogens with zero attached hydrogens (tertiary/aromatic N) is 2. The minimum Gasteiger partial charge on any atom is -0.385 e. The molecule has 1 atom stereocenters. The highest BCUT2D eigenvalue weighted by atomic mass is 79.9. The Morgan fingerprint density at radius 2 is 2.09 bits per heavy atom. The molecular weight excluding hydrogens is 352 g/mol. The third-order valence-corrected chi connectivity index (χ3v) is 5.40. The maximum absolute atomic E-state index is 12.0. The van der Waals surface area contributed by atoms with Gasteiger partial charge in [-0.25, -0.2) is 0 Å². The van der Waals surface area contributed by atoms with E-state index in [0.29, 0.717) is 24.4 Å². The maximum atomic E-state index is 12.0. The van der Waals surface area contributed by atoms with Gasteiger partial charge in [-0.3, -0.25) is 14.9 Å². The third-order valence-electron chi connectivity index (χ3n) is 4.21. The van der Waals surface area contributed by atoms with Gasteiger partial charge in [0, 0.05) is 43.1 Å². The number of nitro benzene ring substituents is 1. The topological polar surface area (TPSA) is 72.7 Å². The zero-order valence-corrected chi connectivity index (χ0v) is 14.7. The predicted octanol–water partition coefficient (Wildman–Crippen LogP) is 3.46. The summed E-state index contributed by atoms with van der Waals surface area (Å²) in [6, 6.07) is 0. The lowest BCUT2D eigenvalue weighted by Crippen LogP contribution is -2.28. The molecule has 1 aromatic rings. The van der Waals surface area contributed by atoms with Crippen LogP contribution in [0.5, 0.6) is 0 Å². The van der Waals surface area contributed by atoms with Gasteiger partial charge in [-0.05, 0) is 47.3 Å². The third kappa shape index (κ3) is 2.63. The van der Waals surface area contributed by atoms with Crippen molar-refractivity contribution in [1.82, 2.24) is 0 Å². The van der Waals surface area contributed by atoms with Gasteiger partial charge in [0.05, 0.1) is 4.92 Å². The van der Waals surface area contributed by atoms with E-state index < -0.39 is 4.92 Å². The number of halogens is 1. The predicted molar refractivity (Wildman–Crippen MR) is 87.5 cm³/mol. The Morgan fingerprint density at radius 3 is 2.59 bits per heavy atom. The van der Waals surface area contributed by atoms with Gasteiger partial charge in [-0.15, -0.1) is 0 Å². The second kappa shape index (κ2) is 6.34. The number of carbonyl (C=O) groups is 1. The standard InChI is InChI=1S/C15H19BrN2O4/c1-8-12-11(5-6-22-4)7-17(10(3)19)15(12)14(18(20)21)9(2)13(8)16/h11H,5-7H2,1-4H3. The fraction of sp³-hybridized carbons (Fsp3) is 0.533. The Labute approximate surface area is 137 Å². The average Bonchev–Trinajstić information content (AvgIpc) is 2.82. The number of methoxy groups -OCH3 is 1. The lowest BCUT2D eigenvalue weighted by atomic mass is 9.92. The van der Waals surface area contributed by atoms with E-state index in [1.54, 1.807) is 14.0 Å². The van der Waals surface area contributed by atoms with Crippen molar-refractivity contribution in [3.63, 3.8) is 0 Å². The number of carbonyl (C=O) groups excluding carboxylic acids is 1. The summed E-state index contributed by atoms with van der Waals surface area (Å²) in [5, 5.41) is 11.6. The lowest BCUT2D eigenvalue weighted by Gasteiger charge is -2.17. The minimum atomic E-state index is -0.396. The monoisotopic (exact) mass is 370 g/mol. The molecule has 0 aromatic heterocycles. The van der Waals surface area contributed by atoms with E-state index in [1.807, 2.05) is 6.92 Å². The zero-order valence-electron chi connectivity index (χ0n) is 13.1. The van der Waals surface area contributed by atoms with Crippen molar-refractivity contribution in [1.29, 1.82) is 0 Å². The van der Waals surface area contributed by atoms with Crippen LogP contribution in [0.25, 0.3) is 0 Å². The molecule has 6 nitrogen and oxygen atoms in total. The van der Waals surface area contributed by atoms with Crippen LogP contribution < -0.4 is 4.90 Å². The van der Waals surface area contributed by atoms with Gasteiger partial charge >= 0.3 is 0 Å². The SMILES string of the molecule is COCCC1CN(C(C)=O)c2c1c(C)c(Br)c(C)c2[N+](=O)[O-]. The van der Waals surface area contributed by atoms with Crippen LogP contribution in [0.15, 0.2) is 4.47 Å². The van der Waals surface area contributed by atoms with Crippen molar-refractivity contribution >= 4 is 33.2 Å². The van der Waals surface area contributed by atoms with Crippen molar-refractivity contribution < 1.29 is 14.5 Å². The Hall–Kier alpha value is -1.47. The molecule has 1 aliphatic rings. The number of fused-ring (bicyclic) bond motifs is 1. The van der Waals surface area contributed by atoms with Crippen LogP contribution in [0.4, 0.5) is 11.4 Å². The fourth-order valence-electron chi connectivity index (χ4n) is 3.17. The van der Waals surface area contributed by atoms with Gasteiger partial charge in [0.25, 0.3) is 5.69 Å². The number of ether oxygens (including phenoxy) is 1. The quantitative estimate of drug-likeness (QED) is 0.600. The fourth-order valence-corrected chi connectivity index (χ4v) is 3.57. The summed E-state index contributed by atoms with van der Waals surface area (Å²) in [4.78, 5) is 24.7. The Morgan fingerprint density at radius 1 is 1.45 bits per heavy atom. The molecule has 0 saturated carbocycles. The van der Waals surface area contributed by atoms with Gasteiger partial charge in [-0.1, -0.05) is 0 Å². The van der Waals surface area contributed by atoms with Gasteiger partial charge in [0.15, 0.2) is 0 Å². The molecule has 0 spiro atoms. The number of rotatable bonds is 4. The number of hydrogen-bond acceptors (Lipinski definition) is 4. The van der Waals surface area contributed by atoms with E-state index in [2.05, 4.69) is 15.9 Å². The average molecular weight is 371 g/mol. The summed E-state index contributed by atoms with van der Waals surface area (Å²) < 4.78 is 5.88. The minimum absolute atomic E-state index is 0.0163. The molecule has 1 amide bonds. The Bertz CT molecular complexity index is 645. The van der Waals surface area contributed by atoms with E-state index in [4.69, 9.17) is 4.74 Å². The van der Waals surface area contributed by atoms with Crippen molar-refractivity contribution in [3.8, 4) is 0 Å². The van der Waals surface area contributed by atoms with Gasteiger partial charge in [0.1, 0.15) is 5.69 Å². The van der Waals surface area contributed by atoms with Crippen molar-refractivity contribution in [2.24, 2.45) is 0 Å². The van der Waals surface area contributed by atoms with E-state index in [9.17, 15) is 14.9 Å². The molecule has 2 rings (SSSR count). The highest BCUT2D eigenvalue weighted by molar-refractivity contribution is 9.10. The van der Waals surface area contributed by atoms with Crippen LogP contribution >= 0.6 is 15.9 Å². The van der Waals surface area contributed by atoms with E-state index in [1.165, 1.54) is 11.8 Å². The molecule has 1 unspecified atom stereocenters. The van der Waals surface area contributed by atoms with Gasteiger partial charge < -0.3 is 9.64 Å². The van der Waals surface area contributed by atoms with E-state index in [-0.39, 0.29) is 17.5 Å². The highest BCUT2D eigenvalue weighted by Crippen LogP contribution is 2.50. The Balaban J connectivity index is 2.73. The Kier molecular flexibility index (Phi) is 4.87. The number of anilines is 1. The second-order valence-corrected chi connectivity index (χ2v) is 6.33. The van der Waals surface area contributed by atoms with Crippen LogP contribution in [-0.2, 0) is 9.53 Å². The van der Waals surface area contributed by atoms with Crippen LogP contribution in [-0.4, -0.2) is 31.1 Å². The highest BCUT2D eigenvalue weighted by Gasteiger charge is 2.40. The molecule has 120 valence electrons. The van der Waals surface area contributed by atoms with Crippen LogP contribution in [0.1, 0.15) is 36.0 Å². The van der Waals surface area contributed by atoms with Crippen LogP contribution in [0, 0.1) is 24.0 Å². The first-order valence-electron chi connectivity index (χ1n) is 7.05. The zero-order chi connectivity index (χ0) is 16.6. The largest absolute Gasteiger partial charge is 0.385 e. The van der Waals surface area contributed by atoms with E-state index in [0.717, 1.165) is 22.0 Å². The molecule has 0 radical (unpaired) electrons. The molecule has 1 heterocycles. The lowest BCUT2D eigenvalue weighted by molar-refractivity contribution is -0.384. The molecule has 0 saturated heterocycles. The van der Waals surface area contributed by atoms with Gasteiger partial charge in [-0.2, -0.15) is 0 Å². The first-order chi connectivity index (χ1) is 10.3. The summed E-state index contributed by atoms with van der Waals surface area (Å²) in [7, 11) is 1.62. The number of amides is 1. The summed E-state index contributed by atoms with van der Waals surface area (Å²) in [5.41, 5.74) is 2.87. The van der Waals surface area contributed by atoms with Crippen LogP contribution in [0.2, 0.25) is 0 Å². The molecule has 1 aromatic carbocycles. The second-order valence-electron chi connectivity index (χ2n) is 5.54. The van der Waals surface area contributed by atoms with Gasteiger partial charge in [0.2, 0.25) is 5.91 Å². The molecule has 7 heteroatoms. The summed E-state index contributed by atoms with van der Waals surface area (Å²) in [6.07, 6.45) is 0.723. The molecule has 1 aliphatic heterocycles. The summed E-state index contributed by atoms with van der Waals surface area (Å²) in [6.45, 7) is 6.10. The van der Waals surface area contributed by atoms with Crippen molar-refractivity contribution in [2.45, 2.75) is 33.1 Å². The smallest absolute Gasteiger partial charge is 0.297 e. The first kappa shape index (κ1) is 16.9. The van der Waals surface area contributed by atoms with Crippen molar-refractivity contribution in [2.75, 3.05) is 25.2 Å². The molecular formula is C15H19BrN2O4. The molecule has 0 bridgehead atoms. The number of benzene rings is 1. The molecule has 0 fully saturated rings. The van der Waals surface area contributed by atoms with Crippen molar-refractivity contribution in [3.05, 3.63) is 31.3 Å². The molecule has 0 aliphatic carbocycles. The normalized spacial score (nSPS) is 16.8. The molecule has 22 heavy (non-hydrogen) atoms. The van der Waals surface area contributed by atoms with E-state index >= 15 is 0 Å². The molecule has 0 N–H and O–H groups in total. The number of hydrogen-bond donors (Lipinski definition) is 0. The summed E-state index contributed by atoms with van der Waals surface area (Å²) >= 11 is 3.47. The number of nitro groups is 1. The summed E-state index contributed by atoms with van der Waals surface area (Å²) in [5.74, 6) is -0.125. The maximum Gasteiger partial charge on any atom is 0.297 e. The van der Waals surface area contributed by atoms with Crippen LogP contribution in [0.3, 0.4) is 0 Å². The first-order valence-corrected chi connectivity index (χ1v) is 7.84.